The zero-order chi connectivity index (χ0) is 23.6. The quantitative estimate of drug-likeness (QED) is 0.263. The van der Waals surface area contributed by atoms with E-state index in [1.54, 1.807) is 60.7 Å². The smallest absolute Gasteiger partial charge is 0.266 e. The molecule has 33 heavy (non-hydrogen) atoms. The molecule has 0 aliphatic carbocycles. The molecule has 3 aromatic carbocycles. The average molecular weight is 442 g/mol. The molecular formula is C27H23FN2O3. The van der Waals surface area contributed by atoms with Crippen molar-refractivity contribution in [3.8, 4) is 17.6 Å². The molecule has 0 aliphatic heterocycles. The van der Waals surface area contributed by atoms with Gasteiger partial charge in [0, 0.05) is 16.8 Å². The standard InChI is InChI=1S/C27H23FN2O3/c1-3-9-20-14-19(15-22(17-29)27(31)30-23-11-5-4-6-12-23)16-25(32-2)26(20)33-18-21-10-7-8-13-24(21)28/h3-8,10-16H,1,9,18H2,2H3,(H,30,31)/b22-15+. The molecule has 166 valence electrons. The van der Waals surface area contributed by atoms with Gasteiger partial charge in [-0.1, -0.05) is 42.5 Å². The molecular weight excluding hydrogens is 419 g/mol. The molecule has 6 heteroatoms. The largest absolute Gasteiger partial charge is 0.493 e. The maximum Gasteiger partial charge on any atom is 0.266 e. The summed E-state index contributed by atoms with van der Waals surface area (Å²) >= 11 is 0. The second-order valence-electron chi connectivity index (χ2n) is 7.07. The lowest BCUT2D eigenvalue weighted by atomic mass is 10.0. The molecule has 3 aromatic rings. The predicted molar refractivity (Wildman–Crippen MR) is 126 cm³/mol. The number of ether oxygens (including phenoxy) is 2. The van der Waals surface area contributed by atoms with E-state index in [0.717, 1.165) is 5.56 Å². The summed E-state index contributed by atoms with van der Waals surface area (Å²) in [6.45, 7) is 3.80. The Morgan fingerprint density at radius 3 is 2.52 bits per heavy atom. The molecule has 0 saturated carbocycles. The third-order valence-corrected chi connectivity index (χ3v) is 4.78. The third-order valence-electron chi connectivity index (χ3n) is 4.78. The van der Waals surface area contributed by atoms with E-state index in [1.807, 2.05) is 12.1 Å². The number of carbonyl (C=O) groups excluding carboxylic acids is 1. The van der Waals surface area contributed by atoms with Crippen LogP contribution in [-0.4, -0.2) is 13.0 Å². The van der Waals surface area contributed by atoms with Crippen LogP contribution in [0.5, 0.6) is 11.5 Å². The number of hydrogen-bond acceptors (Lipinski definition) is 4. The van der Waals surface area contributed by atoms with Crippen molar-refractivity contribution in [3.05, 3.63) is 107 Å². The molecule has 1 N–H and O–H groups in total. The summed E-state index contributed by atoms with van der Waals surface area (Å²) in [6, 6.07) is 20.7. The molecule has 0 radical (unpaired) electrons. The van der Waals surface area contributed by atoms with Crippen molar-refractivity contribution in [1.29, 1.82) is 5.26 Å². The van der Waals surface area contributed by atoms with Gasteiger partial charge in [0.25, 0.3) is 5.91 Å². The van der Waals surface area contributed by atoms with E-state index in [4.69, 9.17) is 9.47 Å². The minimum atomic E-state index is -0.521. The minimum absolute atomic E-state index is 0.0191. The fraction of sp³-hybridized carbons (Fsp3) is 0.111. The lowest BCUT2D eigenvalue weighted by Gasteiger charge is -2.16. The van der Waals surface area contributed by atoms with Crippen LogP contribution in [0.4, 0.5) is 10.1 Å². The Bertz CT molecular complexity index is 1210. The second-order valence-corrected chi connectivity index (χ2v) is 7.07. The number of allylic oxidation sites excluding steroid dienone is 1. The minimum Gasteiger partial charge on any atom is -0.493 e. The Morgan fingerprint density at radius 2 is 1.85 bits per heavy atom. The monoisotopic (exact) mass is 442 g/mol. The SMILES string of the molecule is C=CCc1cc(/C=C(\C#N)C(=O)Nc2ccccc2)cc(OC)c1OCc1ccccc1F. The van der Waals surface area contributed by atoms with E-state index < -0.39 is 5.91 Å². The number of hydrogen-bond donors (Lipinski definition) is 1. The summed E-state index contributed by atoms with van der Waals surface area (Å²) < 4.78 is 25.4. The highest BCUT2D eigenvalue weighted by molar-refractivity contribution is 6.09. The fourth-order valence-electron chi connectivity index (χ4n) is 3.19. The first-order valence-electron chi connectivity index (χ1n) is 10.2. The van der Waals surface area contributed by atoms with Gasteiger partial charge < -0.3 is 14.8 Å². The number of amides is 1. The number of carbonyl (C=O) groups is 1. The third kappa shape index (κ3) is 6.08. The van der Waals surface area contributed by atoms with E-state index in [9.17, 15) is 14.4 Å². The van der Waals surface area contributed by atoms with E-state index in [-0.39, 0.29) is 18.0 Å². The van der Waals surface area contributed by atoms with Crippen LogP contribution in [0.25, 0.3) is 6.08 Å². The number of halogens is 1. The highest BCUT2D eigenvalue weighted by Gasteiger charge is 2.15. The Hall–Kier alpha value is -4.37. The molecule has 0 saturated heterocycles. The van der Waals surface area contributed by atoms with Crippen LogP contribution in [0, 0.1) is 17.1 Å². The van der Waals surface area contributed by atoms with Gasteiger partial charge in [0.05, 0.1) is 7.11 Å². The summed E-state index contributed by atoms with van der Waals surface area (Å²) in [7, 11) is 1.49. The number of rotatable bonds is 9. The van der Waals surface area contributed by atoms with Gasteiger partial charge in [0.1, 0.15) is 24.1 Å². The van der Waals surface area contributed by atoms with Crippen LogP contribution in [0.15, 0.2) is 85.0 Å². The first-order chi connectivity index (χ1) is 16.0. The molecule has 3 rings (SSSR count). The zero-order valence-corrected chi connectivity index (χ0v) is 18.2. The number of benzene rings is 3. The lowest BCUT2D eigenvalue weighted by molar-refractivity contribution is -0.112. The molecule has 0 spiro atoms. The second kappa shape index (κ2) is 11.3. The predicted octanol–water partition coefficient (Wildman–Crippen LogP) is 5.69. The van der Waals surface area contributed by atoms with Crippen molar-refractivity contribution >= 4 is 17.7 Å². The van der Waals surface area contributed by atoms with Crippen LogP contribution in [0.1, 0.15) is 16.7 Å². The van der Waals surface area contributed by atoms with Crippen molar-refractivity contribution in [2.45, 2.75) is 13.0 Å². The Labute approximate surface area is 192 Å². The van der Waals surface area contributed by atoms with Gasteiger partial charge in [0.2, 0.25) is 0 Å². The van der Waals surface area contributed by atoms with Gasteiger partial charge in [-0.25, -0.2) is 4.39 Å². The molecule has 0 atom stereocenters. The molecule has 0 unspecified atom stereocenters. The first kappa shape index (κ1) is 23.3. The van der Waals surface area contributed by atoms with E-state index in [1.165, 1.54) is 19.3 Å². The molecule has 0 heterocycles. The Balaban J connectivity index is 1.91. The molecule has 0 fully saturated rings. The fourth-order valence-corrected chi connectivity index (χ4v) is 3.19. The van der Waals surface area contributed by atoms with E-state index in [0.29, 0.717) is 34.7 Å². The summed E-state index contributed by atoms with van der Waals surface area (Å²) in [4.78, 5) is 12.6. The van der Waals surface area contributed by atoms with Gasteiger partial charge in [-0.05, 0) is 48.4 Å². The number of nitrogens with one attached hydrogen (secondary N) is 1. The van der Waals surface area contributed by atoms with Crippen molar-refractivity contribution < 1.29 is 18.7 Å². The highest BCUT2D eigenvalue weighted by Crippen LogP contribution is 2.35. The first-order valence-corrected chi connectivity index (χ1v) is 10.2. The van der Waals surface area contributed by atoms with Crippen LogP contribution in [0.3, 0.4) is 0 Å². The number of para-hydroxylation sites is 1. The van der Waals surface area contributed by atoms with Crippen molar-refractivity contribution in [1.82, 2.24) is 0 Å². The number of anilines is 1. The molecule has 0 aromatic heterocycles. The molecule has 0 bridgehead atoms. The number of nitrogens with zero attached hydrogens (tertiary/aromatic N) is 1. The Kier molecular flexibility index (Phi) is 7.98. The molecule has 1 amide bonds. The van der Waals surface area contributed by atoms with Gasteiger partial charge in [-0.3, -0.25) is 4.79 Å². The van der Waals surface area contributed by atoms with Gasteiger partial charge in [-0.15, -0.1) is 6.58 Å². The topological polar surface area (TPSA) is 71.4 Å². The van der Waals surface area contributed by atoms with Crippen LogP contribution in [-0.2, 0) is 17.8 Å². The van der Waals surface area contributed by atoms with Gasteiger partial charge >= 0.3 is 0 Å². The number of methoxy groups -OCH3 is 1. The number of nitriles is 1. The Morgan fingerprint density at radius 1 is 1.12 bits per heavy atom. The normalized spacial score (nSPS) is 10.8. The van der Waals surface area contributed by atoms with Crippen molar-refractivity contribution in [3.63, 3.8) is 0 Å². The van der Waals surface area contributed by atoms with Crippen molar-refractivity contribution in [2.24, 2.45) is 0 Å². The van der Waals surface area contributed by atoms with Gasteiger partial charge in [-0.2, -0.15) is 5.26 Å². The maximum absolute atomic E-state index is 14.0. The lowest BCUT2D eigenvalue weighted by Crippen LogP contribution is -2.13. The molecule has 0 aliphatic rings. The van der Waals surface area contributed by atoms with Crippen LogP contribution in [0.2, 0.25) is 0 Å². The van der Waals surface area contributed by atoms with Crippen LogP contribution >= 0.6 is 0 Å². The average Bonchev–Trinajstić information content (AvgIpc) is 2.83. The zero-order valence-electron chi connectivity index (χ0n) is 18.2. The summed E-state index contributed by atoms with van der Waals surface area (Å²) in [5.74, 6) is -0.0278. The summed E-state index contributed by atoms with van der Waals surface area (Å²) in [5.41, 5.74) is 2.25. The maximum atomic E-state index is 14.0. The van der Waals surface area contributed by atoms with Crippen LogP contribution < -0.4 is 14.8 Å². The van der Waals surface area contributed by atoms with Gasteiger partial charge in [0.15, 0.2) is 11.5 Å². The summed E-state index contributed by atoms with van der Waals surface area (Å²) in [5, 5.41) is 12.2. The van der Waals surface area contributed by atoms with E-state index in [2.05, 4.69) is 11.9 Å². The van der Waals surface area contributed by atoms with E-state index >= 15 is 0 Å². The summed E-state index contributed by atoms with van der Waals surface area (Å²) in [6.07, 6.45) is 3.63. The van der Waals surface area contributed by atoms with Crippen molar-refractivity contribution in [2.75, 3.05) is 12.4 Å². The highest BCUT2D eigenvalue weighted by atomic mass is 19.1. The molecule has 5 nitrogen and oxygen atoms in total.